The Balaban J connectivity index is 2.43. The highest BCUT2D eigenvalue weighted by Crippen LogP contribution is 2.69. The standard InChI is InChI=1S/C14H27N/c1-6-8-14(15-5)12(2,3)11-7-9-13(14,4)10-11/h11,15H,6-10H2,1-5H3/t11-,13-,14-/m0/s1. The Bertz CT molecular complexity index is 251. The van der Waals surface area contributed by atoms with Crippen molar-refractivity contribution in [1.29, 1.82) is 0 Å². The lowest BCUT2D eigenvalue weighted by Gasteiger charge is -2.55. The molecule has 0 aliphatic heterocycles. The van der Waals surface area contributed by atoms with Gasteiger partial charge in [-0.15, -0.1) is 0 Å². The van der Waals surface area contributed by atoms with Crippen molar-refractivity contribution >= 4 is 0 Å². The second-order valence-corrected chi connectivity index (χ2v) is 6.63. The average molecular weight is 209 g/mol. The van der Waals surface area contributed by atoms with Crippen LogP contribution in [0.3, 0.4) is 0 Å². The smallest absolute Gasteiger partial charge is 0.0286 e. The van der Waals surface area contributed by atoms with E-state index in [4.69, 9.17) is 0 Å². The summed E-state index contributed by atoms with van der Waals surface area (Å²) in [6, 6.07) is 0. The van der Waals surface area contributed by atoms with Crippen LogP contribution in [0.25, 0.3) is 0 Å². The predicted molar refractivity (Wildman–Crippen MR) is 65.9 cm³/mol. The first kappa shape index (κ1) is 11.4. The number of hydrogen-bond donors (Lipinski definition) is 1. The largest absolute Gasteiger partial charge is 0.313 e. The lowest BCUT2D eigenvalue weighted by Crippen LogP contribution is -2.62. The molecular formula is C14H27N. The zero-order valence-electron chi connectivity index (χ0n) is 11.1. The average Bonchev–Trinajstić information content (AvgIpc) is 2.63. The van der Waals surface area contributed by atoms with Gasteiger partial charge in [0.15, 0.2) is 0 Å². The van der Waals surface area contributed by atoms with Crippen molar-refractivity contribution in [2.45, 2.75) is 65.3 Å². The molecule has 15 heavy (non-hydrogen) atoms. The molecule has 0 aromatic carbocycles. The summed E-state index contributed by atoms with van der Waals surface area (Å²) in [6.07, 6.45) is 6.97. The minimum Gasteiger partial charge on any atom is -0.313 e. The molecular weight excluding hydrogens is 182 g/mol. The highest BCUT2D eigenvalue weighted by atomic mass is 15.0. The summed E-state index contributed by atoms with van der Waals surface area (Å²) in [7, 11) is 2.18. The molecule has 2 aliphatic carbocycles. The van der Waals surface area contributed by atoms with Crippen LogP contribution in [0.1, 0.15) is 59.8 Å². The summed E-state index contributed by atoms with van der Waals surface area (Å²) in [4.78, 5) is 0. The van der Waals surface area contributed by atoms with Crippen LogP contribution < -0.4 is 5.32 Å². The van der Waals surface area contributed by atoms with E-state index in [9.17, 15) is 0 Å². The normalized spacial score (nSPS) is 47.4. The first-order chi connectivity index (χ1) is 6.93. The van der Waals surface area contributed by atoms with Crippen LogP contribution in [0.15, 0.2) is 0 Å². The fourth-order valence-corrected chi connectivity index (χ4v) is 5.12. The third kappa shape index (κ3) is 1.13. The predicted octanol–water partition coefficient (Wildman–Crippen LogP) is 3.59. The van der Waals surface area contributed by atoms with E-state index in [0.29, 0.717) is 16.4 Å². The van der Waals surface area contributed by atoms with Gasteiger partial charge in [-0.2, -0.15) is 0 Å². The van der Waals surface area contributed by atoms with Crippen molar-refractivity contribution in [3.63, 3.8) is 0 Å². The zero-order valence-corrected chi connectivity index (χ0v) is 11.1. The lowest BCUT2D eigenvalue weighted by molar-refractivity contribution is 0.00289. The summed E-state index contributed by atoms with van der Waals surface area (Å²) in [5, 5.41) is 3.74. The van der Waals surface area contributed by atoms with E-state index in [0.717, 1.165) is 5.92 Å². The van der Waals surface area contributed by atoms with Gasteiger partial charge in [-0.05, 0) is 49.5 Å². The molecule has 2 fully saturated rings. The number of rotatable bonds is 3. The SMILES string of the molecule is CCC[C@]1(NC)C(C)(C)[C@H]2CC[C@@]1(C)C2. The number of nitrogens with one attached hydrogen (secondary N) is 1. The molecule has 88 valence electrons. The minimum absolute atomic E-state index is 0.387. The molecule has 0 heterocycles. The Kier molecular flexibility index (Phi) is 2.46. The van der Waals surface area contributed by atoms with E-state index in [1.807, 2.05) is 0 Å². The summed E-state index contributed by atoms with van der Waals surface area (Å²) in [5.74, 6) is 0.946. The highest BCUT2D eigenvalue weighted by Gasteiger charge is 2.67. The topological polar surface area (TPSA) is 12.0 Å². The van der Waals surface area contributed by atoms with E-state index in [2.05, 4.69) is 40.1 Å². The molecule has 2 rings (SSSR count). The van der Waals surface area contributed by atoms with E-state index >= 15 is 0 Å². The molecule has 0 aromatic heterocycles. The maximum atomic E-state index is 3.74. The molecule has 1 nitrogen and oxygen atoms in total. The van der Waals surface area contributed by atoms with Gasteiger partial charge in [0.25, 0.3) is 0 Å². The Labute approximate surface area is 95.0 Å². The maximum absolute atomic E-state index is 3.74. The van der Waals surface area contributed by atoms with Crippen LogP contribution in [0, 0.1) is 16.7 Å². The third-order valence-corrected chi connectivity index (χ3v) is 5.94. The van der Waals surface area contributed by atoms with Crippen LogP contribution in [0.2, 0.25) is 0 Å². The van der Waals surface area contributed by atoms with Gasteiger partial charge in [-0.25, -0.2) is 0 Å². The molecule has 2 bridgehead atoms. The number of fused-ring (bicyclic) bond motifs is 2. The van der Waals surface area contributed by atoms with Crippen LogP contribution in [0.5, 0.6) is 0 Å². The molecule has 0 spiro atoms. The van der Waals surface area contributed by atoms with Crippen molar-refractivity contribution in [1.82, 2.24) is 5.32 Å². The van der Waals surface area contributed by atoms with Crippen LogP contribution in [0.4, 0.5) is 0 Å². The summed E-state index contributed by atoms with van der Waals surface area (Å²) >= 11 is 0. The molecule has 1 N–H and O–H groups in total. The van der Waals surface area contributed by atoms with Gasteiger partial charge < -0.3 is 5.32 Å². The molecule has 2 saturated carbocycles. The molecule has 0 radical (unpaired) electrons. The molecule has 1 heteroatoms. The first-order valence-corrected chi connectivity index (χ1v) is 6.62. The molecule has 3 atom stereocenters. The number of hydrogen-bond acceptors (Lipinski definition) is 1. The van der Waals surface area contributed by atoms with Gasteiger partial charge in [-0.3, -0.25) is 0 Å². The van der Waals surface area contributed by atoms with Crippen LogP contribution in [-0.2, 0) is 0 Å². The molecule has 0 aromatic rings. The van der Waals surface area contributed by atoms with Crippen LogP contribution >= 0.6 is 0 Å². The van der Waals surface area contributed by atoms with E-state index < -0.39 is 0 Å². The van der Waals surface area contributed by atoms with Gasteiger partial charge in [0.05, 0.1) is 0 Å². The molecule has 0 amide bonds. The van der Waals surface area contributed by atoms with Gasteiger partial charge in [0.1, 0.15) is 0 Å². The van der Waals surface area contributed by atoms with Gasteiger partial charge in [0, 0.05) is 5.54 Å². The second-order valence-electron chi connectivity index (χ2n) is 6.63. The Morgan fingerprint density at radius 3 is 2.33 bits per heavy atom. The third-order valence-electron chi connectivity index (χ3n) is 5.94. The van der Waals surface area contributed by atoms with Gasteiger partial charge >= 0.3 is 0 Å². The fourth-order valence-electron chi connectivity index (χ4n) is 5.12. The second kappa shape index (κ2) is 3.23. The summed E-state index contributed by atoms with van der Waals surface area (Å²) < 4.78 is 0. The van der Waals surface area contributed by atoms with Crippen molar-refractivity contribution in [3.05, 3.63) is 0 Å². The molecule has 2 aliphatic rings. The first-order valence-electron chi connectivity index (χ1n) is 6.62. The Hall–Kier alpha value is -0.0400. The van der Waals surface area contributed by atoms with E-state index in [-0.39, 0.29) is 0 Å². The van der Waals surface area contributed by atoms with Gasteiger partial charge in [0.2, 0.25) is 0 Å². The van der Waals surface area contributed by atoms with Crippen molar-refractivity contribution < 1.29 is 0 Å². The summed E-state index contributed by atoms with van der Waals surface area (Å²) in [5.41, 5.74) is 1.41. The van der Waals surface area contributed by atoms with Crippen LogP contribution in [-0.4, -0.2) is 12.6 Å². The lowest BCUT2D eigenvalue weighted by atomic mass is 9.56. The van der Waals surface area contributed by atoms with Crippen molar-refractivity contribution in [3.8, 4) is 0 Å². The monoisotopic (exact) mass is 209 g/mol. The Morgan fingerprint density at radius 1 is 1.27 bits per heavy atom. The van der Waals surface area contributed by atoms with E-state index in [1.54, 1.807) is 0 Å². The zero-order chi connectivity index (χ0) is 11.3. The quantitative estimate of drug-likeness (QED) is 0.749. The minimum atomic E-state index is 0.387. The molecule has 0 saturated heterocycles. The Morgan fingerprint density at radius 2 is 1.93 bits per heavy atom. The van der Waals surface area contributed by atoms with Crippen molar-refractivity contribution in [2.75, 3.05) is 7.05 Å². The van der Waals surface area contributed by atoms with Crippen molar-refractivity contribution in [2.24, 2.45) is 16.7 Å². The van der Waals surface area contributed by atoms with Gasteiger partial charge in [-0.1, -0.05) is 34.1 Å². The fraction of sp³-hybridized carbons (Fsp3) is 1.00. The highest BCUT2D eigenvalue weighted by molar-refractivity contribution is 5.21. The maximum Gasteiger partial charge on any atom is 0.0286 e. The molecule has 0 unspecified atom stereocenters. The van der Waals surface area contributed by atoms with E-state index in [1.165, 1.54) is 32.1 Å². The summed E-state index contributed by atoms with van der Waals surface area (Å²) in [6.45, 7) is 9.83.